The zero-order chi connectivity index (χ0) is 12.6. The van der Waals surface area contributed by atoms with Crippen LogP contribution in [0.3, 0.4) is 0 Å². The summed E-state index contributed by atoms with van der Waals surface area (Å²) in [6.45, 7) is 8.32. The van der Waals surface area contributed by atoms with Crippen LogP contribution in [0, 0.1) is 11.7 Å². The fraction of sp³-hybridized carbons (Fsp3) is 0.417. The van der Waals surface area contributed by atoms with Crippen molar-refractivity contribution in [3.8, 4) is 11.4 Å². The highest BCUT2D eigenvalue weighted by molar-refractivity contribution is 7.71. The van der Waals surface area contributed by atoms with Gasteiger partial charge in [0, 0.05) is 23.5 Å². The van der Waals surface area contributed by atoms with Gasteiger partial charge in [0.15, 0.2) is 10.6 Å². The van der Waals surface area contributed by atoms with E-state index in [4.69, 9.17) is 12.2 Å². The summed E-state index contributed by atoms with van der Waals surface area (Å²) in [6, 6.07) is 2.06. The highest BCUT2D eigenvalue weighted by Gasteiger charge is 2.20. The van der Waals surface area contributed by atoms with Crippen molar-refractivity contribution in [3.63, 3.8) is 0 Å². The summed E-state index contributed by atoms with van der Waals surface area (Å²) in [7, 11) is 0. The Morgan fingerprint density at radius 3 is 2.59 bits per heavy atom. The zero-order valence-corrected chi connectivity index (χ0v) is 11.3. The first-order valence-electron chi connectivity index (χ1n) is 5.49. The fourth-order valence-electron chi connectivity index (χ4n) is 1.79. The van der Waals surface area contributed by atoms with Gasteiger partial charge in [-0.15, -0.1) is 0 Å². The summed E-state index contributed by atoms with van der Waals surface area (Å²) in [5.41, 5.74) is 1.98. The van der Waals surface area contributed by atoms with Crippen molar-refractivity contribution in [1.29, 1.82) is 0 Å². The molecule has 2 rings (SSSR count). The predicted molar refractivity (Wildman–Crippen MR) is 70.4 cm³/mol. The van der Waals surface area contributed by atoms with Crippen LogP contribution in [0.4, 0.5) is 0 Å². The quantitative estimate of drug-likeness (QED) is 0.789. The van der Waals surface area contributed by atoms with E-state index in [1.165, 1.54) is 0 Å². The number of nitrogens with one attached hydrogen (secondary N) is 1. The van der Waals surface area contributed by atoms with Gasteiger partial charge in [0.2, 0.25) is 0 Å². The Bertz CT molecular complexity index is 589. The van der Waals surface area contributed by atoms with Gasteiger partial charge < -0.3 is 0 Å². The van der Waals surface area contributed by atoms with Gasteiger partial charge in [-0.3, -0.25) is 14.6 Å². The first-order chi connectivity index (χ1) is 7.89. The summed E-state index contributed by atoms with van der Waals surface area (Å²) >= 11 is 5.28. The topological polar surface area (TPSA) is 46.5 Å². The van der Waals surface area contributed by atoms with Gasteiger partial charge in [-0.2, -0.15) is 5.10 Å². The molecule has 2 aromatic heterocycles. The van der Waals surface area contributed by atoms with Crippen LogP contribution < -0.4 is 0 Å². The molecule has 0 aliphatic carbocycles. The van der Waals surface area contributed by atoms with Crippen molar-refractivity contribution < 1.29 is 0 Å². The lowest BCUT2D eigenvalue weighted by atomic mass is 10.1. The number of H-pyrrole nitrogens is 1. The SMILES string of the molecule is Cc1cncc(-c2n[nH]c(=S)n2C(C)(C)C)c1. The molecule has 5 heteroatoms. The van der Waals surface area contributed by atoms with E-state index in [0.717, 1.165) is 17.0 Å². The van der Waals surface area contributed by atoms with Gasteiger partial charge in [0.05, 0.1) is 0 Å². The third-order valence-electron chi connectivity index (χ3n) is 2.48. The minimum absolute atomic E-state index is 0.108. The molecule has 0 saturated carbocycles. The van der Waals surface area contributed by atoms with Crippen LogP contribution in [-0.2, 0) is 5.54 Å². The Labute approximate surface area is 106 Å². The average Bonchev–Trinajstić information content (AvgIpc) is 2.59. The van der Waals surface area contributed by atoms with Crippen molar-refractivity contribution >= 4 is 12.2 Å². The number of aryl methyl sites for hydroxylation is 1. The Morgan fingerprint density at radius 2 is 2.00 bits per heavy atom. The van der Waals surface area contributed by atoms with Gasteiger partial charge in [-0.25, -0.2) is 0 Å². The molecule has 0 unspecified atom stereocenters. The number of nitrogens with zero attached hydrogens (tertiary/aromatic N) is 3. The summed E-state index contributed by atoms with van der Waals surface area (Å²) in [4.78, 5) is 4.19. The number of rotatable bonds is 1. The molecule has 0 spiro atoms. The molecule has 0 atom stereocenters. The summed E-state index contributed by atoms with van der Waals surface area (Å²) in [5, 5.41) is 7.15. The van der Waals surface area contributed by atoms with Gasteiger partial charge in [0.25, 0.3) is 0 Å². The van der Waals surface area contributed by atoms with E-state index in [-0.39, 0.29) is 5.54 Å². The largest absolute Gasteiger partial charge is 0.295 e. The van der Waals surface area contributed by atoms with Gasteiger partial charge in [-0.1, -0.05) is 0 Å². The van der Waals surface area contributed by atoms with Crippen molar-refractivity contribution in [1.82, 2.24) is 19.7 Å². The highest BCUT2D eigenvalue weighted by Crippen LogP contribution is 2.24. The standard InChI is InChI=1S/C12H16N4S/c1-8-5-9(7-13-6-8)10-14-15-11(17)16(10)12(2,3)4/h5-7H,1-4H3,(H,15,17). The number of aromatic nitrogens is 4. The van der Waals surface area contributed by atoms with Crippen LogP contribution in [0.15, 0.2) is 18.5 Å². The fourth-order valence-corrected chi connectivity index (χ4v) is 2.20. The maximum Gasteiger partial charge on any atom is 0.195 e. The lowest BCUT2D eigenvalue weighted by Crippen LogP contribution is -2.23. The van der Waals surface area contributed by atoms with E-state index in [0.29, 0.717) is 4.77 Å². The van der Waals surface area contributed by atoms with Crippen molar-refractivity contribution in [2.75, 3.05) is 0 Å². The zero-order valence-electron chi connectivity index (χ0n) is 10.5. The molecule has 0 aliphatic rings. The molecule has 0 radical (unpaired) electrons. The van der Waals surface area contributed by atoms with E-state index < -0.39 is 0 Å². The van der Waals surface area contributed by atoms with Crippen LogP contribution in [0.25, 0.3) is 11.4 Å². The first kappa shape index (κ1) is 12.0. The van der Waals surface area contributed by atoms with Crippen molar-refractivity contribution in [2.45, 2.75) is 33.2 Å². The van der Waals surface area contributed by atoms with Crippen molar-refractivity contribution in [2.24, 2.45) is 0 Å². The lowest BCUT2D eigenvalue weighted by molar-refractivity contribution is 0.395. The smallest absolute Gasteiger partial charge is 0.195 e. The Morgan fingerprint density at radius 1 is 1.29 bits per heavy atom. The second kappa shape index (κ2) is 4.07. The molecule has 1 N–H and O–H groups in total. The second-order valence-corrected chi connectivity index (χ2v) is 5.50. The highest BCUT2D eigenvalue weighted by atomic mass is 32.1. The summed E-state index contributed by atoms with van der Waals surface area (Å²) < 4.78 is 2.65. The van der Waals surface area contributed by atoms with E-state index in [9.17, 15) is 0 Å². The molecule has 2 aromatic rings. The lowest BCUT2D eigenvalue weighted by Gasteiger charge is -2.22. The maximum absolute atomic E-state index is 5.28. The molecule has 0 aromatic carbocycles. The molecule has 17 heavy (non-hydrogen) atoms. The Balaban J connectivity index is 2.66. The molecule has 0 fully saturated rings. The molecule has 0 bridgehead atoms. The minimum atomic E-state index is -0.108. The summed E-state index contributed by atoms with van der Waals surface area (Å²) in [5.74, 6) is 0.832. The van der Waals surface area contributed by atoms with Crippen molar-refractivity contribution in [3.05, 3.63) is 28.8 Å². The van der Waals surface area contributed by atoms with Gasteiger partial charge in [-0.05, 0) is 51.5 Å². The number of pyridine rings is 1. The van der Waals surface area contributed by atoms with Gasteiger partial charge >= 0.3 is 0 Å². The minimum Gasteiger partial charge on any atom is -0.295 e. The van der Waals surface area contributed by atoms with E-state index in [1.807, 2.05) is 17.7 Å². The molecule has 0 saturated heterocycles. The normalized spacial score (nSPS) is 11.8. The first-order valence-corrected chi connectivity index (χ1v) is 5.90. The number of hydrogen-bond donors (Lipinski definition) is 1. The third kappa shape index (κ3) is 2.29. The van der Waals surface area contributed by atoms with E-state index in [1.54, 1.807) is 6.20 Å². The molecular weight excluding hydrogens is 232 g/mol. The third-order valence-corrected chi connectivity index (χ3v) is 2.75. The Hall–Kier alpha value is -1.49. The average molecular weight is 248 g/mol. The van der Waals surface area contributed by atoms with Crippen LogP contribution in [-0.4, -0.2) is 19.7 Å². The molecule has 2 heterocycles. The molecule has 0 aliphatic heterocycles. The van der Waals surface area contributed by atoms with E-state index in [2.05, 4.69) is 42.0 Å². The van der Waals surface area contributed by atoms with Crippen LogP contribution in [0.5, 0.6) is 0 Å². The second-order valence-electron chi connectivity index (χ2n) is 5.11. The van der Waals surface area contributed by atoms with E-state index >= 15 is 0 Å². The number of hydrogen-bond acceptors (Lipinski definition) is 3. The molecule has 90 valence electrons. The van der Waals surface area contributed by atoms with Crippen LogP contribution in [0.1, 0.15) is 26.3 Å². The molecule has 4 nitrogen and oxygen atoms in total. The molecular formula is C12H16N4S. The predicted octanol–water partition coefficient (Wildman–Crippen LogP) is 3.07. The van der Waals surface area contributed by atoms with Crippen LogP contribution >= 0.6 is 12.2 Å². The van der Waals surface area contributed by atoms with Crippen LogP contribution in [0.2, 0.25) is 0 Å². The Kier molecular flexibility index (Phi) is 2.87. The van der Waals surface area contributed by atoms with Gasteiger partial charge in [0.1, 0.15) is 0 Å². The number of aromatic amines is 1. The monoisotopic (exact) mass is 248 g/mol. The maximum atomic E-state index is 5.28. The molecule has 0 amide bonds. The summed E-state index contributed by atoms with van der Waals surface area (Å²) in [6.07, 6.45) is 3.63.